The summed E-state index contributed by atoms with van der Waals surface area (Å²) >= 11 is 0. The van der Waals surface area contributed by atoms with E-state index in [1.54, 1.807) is 7.11 Å². The van der Waals surface area contributed by atoms with Gasteiger partial charge in [-0.2, -0.15) is 0 Å². The summed E-state index contributed by atoms with van der Waals surface area (Å²) in [4.78, 5) is 29.5. The van der Waals surface area contributed by atoms with Gasteiger partial charge in [0.05, 0.1) is 7.11 Å². The lowest BCUT2D eigenvalue weighted by atomic mass is 9.84. The maximum atomic E-state index is 13.3. The van der Waals surface area contributed by atoms with E-state index in [4.69, 9.17) is 4.74 Å². The fraction of sp³-hybridized carbons (Fsp3) is 0.636. The number of aryl methyl sites for hydroxylation is 1. The Bertz CT molecular complexity index is 732. The Kier molecular flexibility index (Phi) is 5.50. The SMILES string of the molecule is COc1cc(C)c(C(=O)N2CCCN(C(=O)C3CC3)CC2)cc1C(C)(C)C. The number of benzene rings is 1. The monoisotopic (exact) mass is 372 g/mol. The van der Waals surface area contributed by atoms with Crippen LogP contribution in [0, 0.1) is 12.8 Å². The molecular weight excluding hydrogens is 340 g/mol. The molecular formula is C22H32N2O3. The molecule has 0 bridgehead atoms. The molecule has 1 heterocycles. The van der Waals surface area contributed by atoms with Crippen molar-refractivity contribution in [2.75, 3.05) is 33.3 Å². The van der Waals surface area contributed by atoms with Gasteiger partial charge in [-0.3, -0.25) is 9.59 Å². The molecule has 0 unspecified atom stereocenters. The minimum Gasteiger partial charge on any atom is -0.496 e. The summed E-state index contributed by atoms with van der Waals surface area (Å²) in [5.41, 5.74) is 2.60. The van der Waals surface area contributed by atoms with E-state index in [0.717, 1.165) is 48.2 Å². The molecule has 0 spiro atoms. The first-order chi connectivity index (χ1) is 12.7. The van der Waals surface area contributed by atoms with Crippen LogP contribution in [0.1, 0.15) is 61.5 Å². The predicted octanol–water partition coefficient (Wildman–Crippen LogP) is 3.39. The number of amides is 2. The molecule has 3 rings (SSSR count). The molecule has 1 aromatic rings. The van der Waals surface area contributed by atoms with Gasteiger partial charge in [0.2, 0.25) is 5.91 Å². The largest absolute Gasteiger partial charge is 0.496 e. The van der Waals surface area contributed by atoms with Crippen molar-refractivity contribution in [3.63, 3.8) is 0 Å². The molecule has 5 nitrogen and oxygen atoms in total. The predicted molar refractivity (Wildman–Crippen MR) is 106 cm³/mol. The highest BCUT2D eigenvalue weighted by molar-refractivity contribution is 5.96. The molecule has 27 heavy (non-hydrogen) atoms. The second-order valence-electron chi connectivity index (χ2n) is 8.86. The molecule has 1 aliphatic carbocycles. The van der Waals surface area contributed by atoms with Crippen LogP contribution in [-0.2, 0) is 10.2 Å². The second-order valence-corrected chi connectivity index (χ2v) is 8.86. The Morgan fingerprint density at radius 3 is 2.26 bits per heavy atom. The molecule has 1 aliphatic heterocycles. The minimum atomic E-state index is -0.111. The van der Waals surface area contributed by atoms with Crippen molar-refractivity contribution in [2.45, 2.75) is 52.4 Å². The van der Waals surface area contributed by atoms with Crippen LogP contribution < -0.4 is 4.74 Å². The molecule has 2 amide bonds. The van der Waals surface area contributed by atoms with Gasteiger partial charge in [-0.15, -0.1) is 0 Å². The van der Waals surface area contributed by atoms with Gasteiger partial charge in [-0.05, 0) is 49.3 Å². The molecule has 0 aromatic heterocycles. The van der Waals surface area contributed by atoms with Gasteiger partial charge in [0.15, 0.2) is 0 Å². The van der Waals surface area contributed by atoms with Crippen LogP contribution in [0.25, 0.3) is 0 Å². The van der Waals surface area contributed by atoms with Gasteiger partial charge in [-0.25, -0.2) is 0 Å². The molecule has 2 aliphatic rings. The Morgan fingerprint density at radius 2 is 1.67 bits per heavy atom. The first-order valence-corrected chi connectivity index (χ1v) is 9.99. The van der Waals surface area contributed by atoms with Crippen LogP contribution in [0.4, 0.5) is 0 Å². The maximum Gasteiger partial charge on any atom is 0.254 e. The Balaban J connectivity index is 1.79. The van der Waals surface area contributed by atoms with Gasteiger partial charge in [-0.1, -0.05) is 20.8 Å². The smallest absolute Gasteiger partial charge is 0.254 e. The molecule has 5 heteroatoms. The second kappa shape index (κ2) is 7.53. The van der Waals surface area contributed by atoms with Crippen molar-refractivity contribution < 1.29 is 14.3 Å². The zero-order valence-corrected chi connectivity index (χ0v) is 17.3. The average molecular weight is 373 g/mol. The molecule has 0 N–H and O–H groups in total. The number of hydrogen-bond donors (Lipinski definition) is 0. The number of methoxy groups -OCH3 is 1. The van der Waals surface area contributed by atoms with Crippen LogP contribution in [0.15, 0.2) is 12.1 Å². The van der Waals surface area contributed by atoms with Crippen molar-refractivity contribution in [1.29, 1.82) is 0 Å². The molecule has 1 saturated carbocycles. The van der Waals surface area contributed by atoms with E-state index in [-0.39, 0.29) is 23.1 Å². The lowest BCUT2D eigenvalue weighted by molar-refractivity contribution is -0.132. The average Bonchev–Trinajstić information content (AvgIpc) is 3.45. The summed E-state index contributed by atoms with van der Waals surface area (Å²) in [5.74, 6) is 1.40. The Morgan fingerprint density at radius 1 is 1.04 bits per heavy atom. The zero-order valence-electron chi connectivity index (χ0n) is 17.3. The van der Waals surface area contributed by atoms with Crippen LogP contribution >= 0.6 is 0 Å². The third-order valence-corrected chi connectivity index (χ3v) is 5.61. The van der Waals surface area contributed by atoms with Gasteiger partial charge in [0.1, 0.15) is 5.75 Å². The van der Waals surface area contributed by atoms with Crippen molar-refractivity contribution in [3.05, 3.63) is 28.8 Å². The van der Waals surface area contributed by atoms with E-state index in [1.165, 1.54) is 0 Å². The Hall–Kier alpha value is -2.04. The van der Waals surface area contributed by atoms with Gasteiger partial charge >= 0.3 is 0 Å². The fourth-order valence-corrected chi connectivity index (χ4v) is 3.77. The summed E-state index contributed by atoms with van der Waals surface area (Å²) in [6, 6.07) is 3.96. The highest BCUT2D eigenvalue weighted by atomic mass is 16.5. The minimum absolute atomic E-state index is 0.0568. The zero-order chi connectivity index (χ0) is 19.8. The number of carbonyl (C=O) groups excluding carboxylic acids is 2. The molecule has 148 valence electrons. The third kappa shape index (κ3) is 4.28. The van der Waals surface area contributed by atoms with Crippen LogP contribution in [0.2, 0.25) is 0 Å². The molecule has 1 saturated heterocycles. The lowest BCUT2D eigenvalue weighted by Crippen LogP contribution is -2.38. The van der Waals surface area contributed by atoms with E-state index in [1.807, 2.05) is 28.9 Å². The van der Waals surface area contributed by atoms with Crippen LogP contribution in [0.3, 0.4) is 0 Å². The fourth-order valence-electron chi connectivity index (χ4n) is 3.77. The molecule has 2 fully saturated rings. The number of carbonyl (C=O) groups is 2. The Labute approximate surface area is 162 Å². The summed E-state index contributed by atoms with van der Waals surface area (Å²) in [5, 5.41) is 0. The normalized spacial score (nSPS) is 18.3. The maximum absolute atomic E-state index is 13.3. The summed E-state index contributed by atoms with van der Waals surface area (Å²) in [6.45, 7) is 11.0. The molecule has 0 atom stereocenters. The van der Waals surface area contributed by atoms with Gasteiger partial charge in [0.25, 0.3) is 5.91 Å². The first-order valence-electron chi connectivity index (χ1n) is 9.99. The molecule has 1 aromatic carbocycles. The summed E-state index contributed by atoms with van der Waals surface area (Å²) in [6.07, 6.45) is 2.89. The van der Waals surface area contributed by atoms with E-state index in [9.17, 15) is 9.59 Å². The number of ether oxygens (including phenoxy) is 1. The molecule has 0 radical (unpaired) electrons. The van der Waals surface area contributed by atoms with Gasteiger partial charge < -0.3 is 14.5 Å². The highest BCUT2D eigenvalue weighted by Crippen LogP contribution is 2.34. The van der Waals surface area contributed by atoms with Crippen molar-refractivity contribution in [3.8, 4) is 5.75 Å². The van der Waals surface area contributed by atoms with Crippen molar-refractivity contribution in [2.24, 2.45) is 5.92 Å². The van der Waals surface area contributed by atoms with Crippen LogP contribution in [0.5, 0.6) is 5.75 Å². The standard InChI is InChI=1S/C22H32N2O3/c1-15-13-19(27-5)18(22(2,3)4)14-17(15)21(26)24-10-6-9-23(11-12-24)20(25)16-7-8-16/h13-14,16H,6-12H2,1-5H3. The van der Waals surface area contributed by atoms with E-state index < -0.39 is 0 Å². The number of hydrogen-bond acceptors (Lipinski definition) is 3. The quantitative estimate of drug-likeness (QED) is 0.817. The topological polar surface area (TPSA) is 49.9 Å². The van der Waals surface area contributed by atoms with E-state index in [2.05, 4.69) is 20.8 Å². The first kappa shape index (κ1) is 19.7. The van der Waals surface area contributed by atoms with Crippen LogP contribution in [-0.4, -0.2) is 54.9 Å². The van der Waals surface area contributed by atoms with Gasteiger partial charge in [0, 0.05) is 43.2 Å². The van der Waals surface area contributed by atoms with E-state index >= 15 is 0 Å². The highest BCUT2D eigenvalue weighted by Gasteiger charge is 2.34. The lowest BCUT2D eigenvalue weighted by Gasteiger charge is -2.26. The van der Waals surface area contributed by atoms with Crippen molar-refractivity contribution in [1.82, 2.24) is 9.80 Å². The number of rotatable bonds is 3. The third-order valence-electron chi connectivity index (χ3n) is 5.61. The summed E-state index contributed by atoms with van der Waals surface area (Å²) in [7, 11) is 1.67. The van der Waals surface area contributed by atoms with Crippen molar-refractivity contribution >= 4 is 11.8 Å². The van der Waals surface area contributed by atoms with E-state index in [0.29, 0.717) is 19.6 Å². The summed E-state index contributed by atoms with van der Waals surface area (Å²) < 4.78 is 5.55. The number of nitrogens with zero attached hydrogens (tertiary/aromatic N) is 2.